The van der Waals surface area contributed by atoms with Crippen molar-refractivity contribution in [3.05, 3.63) is 23.3 Å². The number of rotatable bonds is 4. The molecule has 0 spiro atoms. The highest BCUT2D eigenvalue weighted by Gasteiger charge is 2.41. The largest absolute Gasteiger partial charge is 0.476 e. The summed E-state index contributed by atoms with van der Waals surface area (Å²) in [6.07, 6.45) is 0. The predicted octanol–water partition coefficient (Wildman–Crippen LogP) is 1.60. The summed E-state index contributed by atoms with van der Waals surface area (Å²) in [4.78, 5) is 26.5. The van der Waals surface area contributed by atoms with Crippen molar-refractivity contribution >= 4 is 17.5 Å². The van der Waals surface area contributed by atoms with Gasteiger partial charge in [-0.3, -0.25) is 9.59 Å². The number of amides is 2. The van der Waals surface area contributed by atoms with Gasteiger partial charge in [0.05, 0.1) is 5.69 Å². The number of nitrogens with zero attached hydrogens (tertiary/aromatic N) is 1. The van der Waals surface area contributed by atoms with Crippen LogP contribution in [0.2, 0.25) is 0 Å². The molecule has 126 valence electrons. The van der Waals surface area contributed by atoms with Crippen LogP contribution in [-0.4, -0.2) is 36.5 Å². The molecule has 1 heterocycles. The van der Waals surface area contributed by atoms with Crippen LogP contribution < -0.4 is 20.7 Å². The summed E-state index contributed by atoms with van der Waals surface area (Å²) in [6, 6.07) is 3.56. The van der Waals surface area contributed by atoms with Crippen molar-refractivity contribution in [1.29, 1.82) is 0 Å². The zero-order valence-electron chi connectivity index (χ0n) is 14.4. The molecule has 0 bridgehead atoms. The van der Waals surface area contributed by atoms with Crippen LogP contribution in [-0.2, 0) is 4.79 Å². The highest BCUT2D eigenvalue weighted by molar-refractivity contribution is 6.04. The zero-order chi connectivity index (χ0) is 17.4. The van der Waals surface area contributed by atoms with Gasteiger partial charge in [-0.25, -0.2) is 0 Å². The molecule has 1 aliphatic rings. The lowest BCUT2D eigenvalue weighted by atomic mass is 10.00. The highest BCUT2D eigenvalue weighted by Crippen LogP contribution is 2.39. The minimum absolute atomic E-state index is 0.0369. The molecule has 0 fully saturated rings. The Hall–Kier alpha value is -2.08. The van der Waals surface area contributed by atoms with Gasteiger partial charge in [0, 0.05) is 24.7 Å². The smallest absolute Gasteiger partial charge is 0.270 e. The number of nitrogens with two attached hydrogens (primary N) is 1. The Balaban J connectivity index is 2.52. The summed E-state index contributed by atoms with van der Waals surface area (Å²) in [6.45, 7) is 9.85. The number of nitrogens with one attached hydrogen (secondary N) is 1. The third kappa shape index (κ3) is 3.32. The van der Waals surface area contributed by atoms with E-state index >= 15 is 0 Å². The van der Waals surface area contributed by atoms with Gasteiger partial charge in [-0.05, 0) is 52.3 Å². The van der Waals surface area contributed by atoms with Crippen molar-refractivity contribution in [2.45, 2.75) is 46.3 Å². The minimum atomic E-state index is -0.948. The fourth-order valence-corrected chi connectivity index (χ4v) is 2.65. The van der Waals surface area contributed by atoms with Crippen LogP contribution in [0.25, 0.3) is 0 Å². The first-order chi connectivity index (χ1) is 10.7. The topological polar surface area (TPSA) is 84.7 Å². The molecule has 0 aromatic heterocycles. The van der Waals surface area contributed by atoms with E-state index < -0.39 is 5.60 Å². The SMILES string of the molecule is Cc1cc2c(cc1C(=O)NC(C)C)N(CCN)C(=O)C(C)(C)O2. The number of benzene rings is 1. The number of carbonyl (C=O) groups is 2. The van der Waals surface area contributed by atoms with Gasteiger partial charge >= 0.3 is 0 Å². The van der Waals surface area contributed by atoms with Crippen molar-refractivity contribution in [1.82, 2.24) is 5.32 Å². The lowest BCUT2D eigenvalue weighted by Gasteiger charge is -2.39. The number of ether oxygens (including phenoxy) is 1. The van der Waals surface area contributed by atoms with Crippen molar-refractivity contribution in [3.8, 4) is 5.75 Å². The Morgan fingerprint density at radius 2 is 2.04 bits per heavy atom. The van der Waals surface area contributed by atoms with E-state index in [0.717, 1.165) is 5.56 Å². The first-order valence-corrected chi connectivity index (χ1v) is 7.84. The van der Waals surface area contributed by atoms with E-state index in [0.29, 0.717) is 30.1 Å². The van der Waals surface area contributed by atoms with Gasteiger partial charge < -0.3 is 20.7 Å². The van der Waals surface area contributed by atoms with Gasteiger partial charge in [-0.15, -0.1) is 0 Å². The Labute approximate surface area is 137 Å². The first-order valence-electron chi connectivity index (χ1n) is 7.84. The molecule has 23 heavy (non-hydrogen) atoms. The van der Waals surface area contributed by atoms with Crippen LogP contribution in [0.5, 0.6) is 5.75 Å². The monoisotopic (exact) mass is 319 g/mol. The molecular formula is C17H25N3O3. The number of hydrogen-bond donors (Lipinski definition) is 2. The van der Waals surface area contributed by atoms with E-state index in [9.17, 15) is 9.59 Å². The molecular weight excluding hydrogens is 294 g/mol. The lowest BCUT2D eigenvalue weighted by molar-refractivity contribution is -0.132. The molecule has 6 nitrogen and oxygen atoms in total. The standard InChI is InChI=1S/C17H25N3O3/c1-10(2)19-15(21)12-9-13-14(8-11(12)3)23-17(4,5)16(22)20(13)7-6-18/h8-10H,6-7,18H2,1-5H3,(H,19,21). The molecule has 2 rings (SSSR count). The maximum absolute atomic E-state index is 12.6. The van der Waals surface area contributed by atoms with E-state index in [1.54, 1.807) is 24.8 Å². The van der Waals surface area contributed by atoms with Gasteiger partial charge in [-0.2, -0.15) is 0 Å². The van der Waals surface area contributed by atoms with Crippen LogP contribution in [0.3, 0.4) is 0 Å². The summed E-state index contributed by atoms with van der Waals surface area (Å²) in [7, 11) is 0. The van der Waals surface area contributed by atoms with Crippen molar-refractivity contribution in [2.75, 3.05) is 18.0 Å². The van der Waals surface area contributed by atoms with E-state index in [1.807, 2.05) is 26.8 Å². The van der Waals surface area contributed by atoms with Crippen molar-refractivity contribution < 1.29 is 14.3 Å². The molecule has 0 saturated heterocycles. The number of anilines is 1. The van der Waals surface area contributed by atoms with Gasteiger partial charge in [0.15, 0.2) is 5.60 Å². The quantitative estimate of drug-likeness (QED) is 0.883. The van der Waals surface area contributed by atoms with E-state index in [-0.39, 0.29) is 17.9 Å². The van der Waals surface area contributed by atoms with Crippen LogP contribution in [0.4, 0.5) is 5.69 Å². The zero-order valence-corrected chi connectivity index (χ0v) is 14.4. The fourth-order valence-electron chi connectivity index (χ4n) is 2.65. The second kappa shape index (κ2) is 6.20. The van der Waals surface area contributed by atoms with E-state index in [1.165, 1.54) is 0 Å². The minimum Gasteiger partial charge on any atom is -0.476 e. The second-order valence-electron chi connectivity index (χ2n) is 6.62. The highest BCUT2D eigenvalue weighted by atomic mass is 16.5. The summed E-state index contributed by atoms with van der Waals surface area (Å²) < 4.78 is 5.84. The van der Waals surface area contributed by atoms with Crippen LogP contribution in [0.15, 0.2) is 12.1 Å². The maximum Gasteiger partial charge on any atom is 0.270 e. The molecule has 0 radical (unpaired) electrons. The molecule has 1 aromatic carbocycles. The molecule has 2 amide bonds. The van der Waals surface area contributed by atoms with Crippen LogP contribution in [0.1, 0.15) is 43.6 Å². The van der Waals surface area contributed by atoms with Crippen molar-refractivity contribution in [3.63, 3.8) is 0 Å². The maximum atomic E-state index is 12.6. The summed E-state index contributed by atoms with van der Waals surface area (Å²) >= 11 is 0. The Bertz CT molecular complexity index is 638. The molecule has 0 atom stereocenters. The Kier molecular flexibility index (Phi) is 4.66. The summed E-state index contributed by atoms with van der Waals surface area (Å²) in [5.41, 5.74) is 6.64. The molecule has 0 unspecified atom stereocenters. The predicted molar refractivity (Wildman–Crippen MR) is 89.9 cm³/mol. The summed E-state index contributed by atoms with van der Waals surface area (Å²) in [5.74, 6) is 0.279. The molecule has 3 N–H and O–H groups in total. The normalized spacial score (nSPS) is 16.1. The average molecular weight is 319 g/mol. The van der Waals surface area contributed by atoms with E-state index in [4.69, 9.17) is 10.5 Å². The molecule has 0 saturated carbocycles. The van der Waals surface area contributed by atoms with Crippen molar-refractivity contribution in [2.24, 2.45) is 5.73 Å². The first kappa shape index (κ1) is 17.3. The van der Waals surface area contributed by atoms with Crippen LogP contribution in [0, 0.1) is 6.92 Å². The lowest BCUT2D eigenvalue weighted by Crippen LogP contribution is -2.53. The molecule has 0 aliphatic carbocycles. The second-order valence-corrected chi connectivity index (χ2v) is 6.62. The number of fused-ring (bicyclic) bond motifs is 1. The number of hydrogen-bond acceptors (Lipinski definition) is 4. The number of carbonyl (C=O) groups excluding carboxylic acids is 2. The molecule has 6 heteroatoms. The Morgan fingerprint density at radius 3 is 2.61 bits per heavy atom. The average Bonchev–Trinajstić information content (AvgIpc) is 2.42. The molecule has 1 aliphatic heterocycles. The fraction of sp³-hybridized carbons (Fsp3) is 0.529. The van der Waals surface area contributed by atoms with Crippen LogP contribution >= 0.6 is 0 Å². The third-order valence-electron chi connectivity index (χ3n) is 3.74. The van der Waals surface area contributed by atoms with Gasteiger partial charge in [0.2, 0.25) is 0 Å². The Morgan fingerprint density at radius 1 is 1.39 bits per heavy atom. The number of aryl methyl sites for hydroxylation is 1. The van der Waals surface area contributed by atoms with Gasteiger partial charge in [0.25, 0.3) is 11.8 Å². The van der Waals surface area contributed by atoms with Gasteiger partial charge in [-0.1, -0.05) is 0 Å². The van der Waals surface area contributed by atoms with E-state index in [2.05, 4.69) is 5.32 Å². The van der Waals surface area contributed by atoms with Gasteiger partial charge in [0.1, 0.15) is 5.75 Å². The molecule has 1 aromatic rings. The third-order valence-corrected chi connectivity index (χ3v) is 3.74. The summed E-state index contributed by atoms with van der Waals surface area (Å²) in [5, 5.41) is 2.87.